The molecule has 1 aromatic heterocycles. The largest absolute Gasteiger partial charge is 0.456 e. The lowest BCUT2D eigenvalue weighted by atomic mass is 9.83. The van der Waals surface area contributed by atoms with Crippen molar-refractivity contribution in [3.8, 4) is 22.8 Å². The van der Waals surface area contributed by atoms with Gasteiger partial charge < -0.3 is 4.74 Å². The minimum atomic E-state index is 0.0101. The first-order chi connectivity index (χ1) is 15.8. The average molecular weight is 426 g/mol. The van der Waals surface area contributed by atoms with E-state index in [1.165, 1.54) is 16.5 Å². The van der Waals surface area contributed by atoms with E-state index in [-0.39, 0.29) is 23.0 Å². The van der Waals surface area contributed by atoms with Crippen LogP contribution in [-0.4, -0.2) is 4.98 Å². The van der Waals surface area contributed by atoms with Crippen molar-refractivity contribution in [2.45, 2.75) is 61.3 Å². The molecule has 0 unspecified atom stereocenters. The number of hydrogen-bond acceptors (Lipinski definition) is 2. The van der Waals surface area contributed by atoms with Crippen LogP contribution in [0.5, 0.6) is 11.5 Å². The standard InChI is InChI=1S/C30H33NO/c1-18-8-9-22-21(12-18)15-23-27-26-20(10-11-31-27)13-19(16-29(2,3)4)14-25(26)32-28(23)24(22)17-30(5,6)7/h8-15H,16-17H2,1-7H3/i10D,11D. The number of ether oxygens (including phenoxy) is 1. The fourth-order valence-corrected chi connectivity index (χ4v) is 4.90. The summed E-state index contributed by atoms with van der Waals surface area (Å²) in [5.41, 5.74) is 5.36. The topological polar surface area (TPSA) is 22.1 Å². The van der Waals surface area contributed by atoms with Crippen molar-refractivity contribution in [2.24, 2.45) is 10.8 Å². The van der Waals surface area contributed by atoms with Crippen molar-refractivity contribution in [3.63, 3.8) is 0 Å². The summed E-state index contributed by atoms with van der Waals surface area (Å²) in [5.74, 6) is 1.60. The van der Waals surface area contributed by atoms with Crippen molar-refractivity contribution in [1.29, 1.82) is 0 Å². The molecule has 0 bridgehead atoms. The van der Waals surface area contributed by atoms with Crippen molar-refractivity contribution >= 4 is 21.5 Å². The van der Waals surface area contributed by atoms with Crippen LogP contribution < -0.4 is 4.74 Å². The highest BCUT2D eigenvalue weighted by molar-refractivity contribution is 6.06. The van der Waals surface area contributed by atoms with Crippen LogP contribution in [0.2, 0.25) is 0 Å². The molecule has 2 nitrogen and oxygen atoms in total. The normalized spacial score (nSPS) is 14.2. The number of aromatic nitrogens is 1. The summed E-state index contributed by atoms with van der Waals surface area (Å²) in [7, 11) is 0. The van der Waals surface area contributed by atoms with E-state index >= 15 is 0 Å². The number of aryl methyl sites for hydroxylation is 1. The molecule has 5 rings (SSSR count). The van der Waals surface area contributed by atoms with Crippen LogP contribution in [0.1, 0.15) is 61.0 Å². The van der Waals surface area contributed by atoms with Gasteiger partial charge in [-0.1, -0.05) is 71.4 Å². The minimum absolute atomic E-state index is 0.0101. The first-order valence-electron chi connectivity index (χ1n) is 12.5. The molecule has 0 radical (unpaired) electrons. The predicted octanol–water partition coefficient (Wildman–Crippen LogP) is 8.65. The molecule has 0 saturated heterocycles. The van der Waals surface area contributed by atoms with Gasteiger partial charge >= 0.3 is 0 Å². The minimum Gasteiger partial charge on any atom is -0.456 e. The monoisotopic (exact) mass is 425 g/mol. The third kappa shape index (κ3) is 3.77. The Bertz CT molecular complexity index is 1470. The zero-order chi connectivity index (χ0) is 24.6. The molecule has 2 heteroatoms. The number of rotatable bonds is 2. The summed E-state index contributed by atoms with van der Waals surface area (Å²) in [6.45, 7) is 15.5. The molecule has 0 N–H and O–H groups in total. The molecule has 164 valence electrons. The van der Waals surface area contributed by atoms with E-state index in [2.05, 4.69) is 89.8 Å². The summed E-state index contributed by atoms with van der Waals surface area (Å²) in [6.07, 6.45) is 1.73. The van der Waals surface area contributed by atoms with Gasteiger partial charge in [-0.3, -0.25) is 4.98 Å². The van der Waals surface area contributed by atoms with E-state index in [4.69, 9.17) is 7.48 Å². The molecule has 1 aliphatic rings. The highest BCUT2D eigenvalue weighted by atomic mass is 16.5. The number of hydrogen-bond donors (Lipinski definition) is 0. The van der Waals surface area contributed by atoms with Crippen molar-refractivity contribution in [1.82, 2.24) is 4.98 Å². The number of benzene rings is 3. The van der Waals surface area contributed by atoms with E-state index in [9.17, 15) is 0 Å². The predicted molar refractivity (Wildman–Crippen MR) is 136 cm³/mol. The second-order valence-electron chi connectivity index (χ2n) is 11.7. The maximum Gasteiger partial charge on any atom is 0.140 e. The van der Waals surface area contributed by atoms with Gasteiger partial charge in [-0.15, -0.1) is 0 Å². The fraction of sp³-hybridized carbons (Fsp3) is 0.367. The van der Waals surface area contributed by atoms with E-state index < -0.39 is 0 Å². The SMILES string of the molecule is [2H]c1nc2c3c(cc(CC(C)(C)C)cc3c1[2H])Oc1c-2cc2cc(C)ccc2c1CC(C)(C)C. The van der Waals surface area contributed by atoms with Gasteiger partial charge in [0.2, 0.25) is 0 Å². The van der Waals surface area contributed by atoms with E-state index in [0.29, 0.717) is 0 Å². The molecule has 0 fully saturated rings. The second kappa shape index (κ2) is 7.07. The number of pyridine rings is 1. The summed E-state index contributed by atoms with van der Waals surface area (Å²) in [4.78, 5) is 4.64. The Balaban J connectivity index is 1.87. The third-order valence-corrected chi connectivity index (χ3v) is 6.02. The first-order valence-corrected chi connectivity index (χ1v) is 11.5. The van der Waals surface area contributed by atoms with Gasteiger partial charge in [-0.2, -0.15) is 0 Å². The Labute approximate surface area is 194 Å². The quantitative estimate of drug-likeness (QED) is 0.282. The Kier molecular flexibility index (Phi) is 4.12. The Morgan fingerprint density at radius 3 is 2.38 bits per heavy atom. The fourth-order valence-electron chi connectivity index (χ4n) is 4.90. The molecule has 0 atom stereocenters. The third-order valence-electron chi connectivity index (χ3n) is 6.02. The lowest BCUT2D eigenvalue weighted by Gasteiger charge is -2.28. The van der Waals surface area contributed by atoms with Crippen molar-refractivity contribution in [2.75, 3.05) is 0 Å². The van der Waals surface area contributed by atoms with E-state index in [1.807, 2.05) is 0 Å². The smallest absolute Gasteiger partial charge is 0.140 e. The lowest BCUT2D eigenvalue weighted by molar-refractivity contribution is 0.398. The Hall–Kier alpha value is -2.87. The van der Waals surface area contributed by atoms with Gasteiger partial charge in [0.15, 0.2) is 0 Å². The van der Waals surface area contributed by atoms with E-state index in [1.54, 1.807) is 0 Å². The van der Waals surface area contributed by atoms with Gasteiger partial charge in [0.25, 0.3) is 0 Å². The van der Waals surface area contributed by atoms with Crippen LogP contribution in [0, 0.1) is 17.8 Å². The molecule has 0 saturated carbocycles. The maximum absolute atomic E-state index is 8.61. The molecule has 32 heavy (non-hydrogen) atoms. The average Bonchev–Trinajstić information content (AvgIpc) is 2.69. The highest BCUT2D eigenvalue weighted by Gasteiger charge is 2.28. The van der Waals surface area contributed by atoms with Crippen molar-refractivity contribution in [3.05, 3.63) is 65.3 Å². The first kappa shape index (κ1) is 18.7. The van der Waals surface area contributed by atoms with Gasteiger partial charge in [0, 0.05) is 17.3 Å². The summed E-state index contributed by atoms with van der Waals surface area (Å²) in [5, 5.41) is 3.96. The molecule has 1 aliphatic heterocycles. The van der Waals surface area contributed by atoms with Crippen LogP contribution in [0.15, 0.2) is 48.6 Å². The van der Waals surface area contributed by atoms with Crippen LogP contribution in [0.4, 0.5) is 0 Å². The zero-order valence-corrected chi connectivity index (χ0v) is 20.2. The molecule has 3 aromatic carbocycles. The van der Waals surface area contributed by atoms with Gasteiger partial charge in [0.05, 0.1) is 13.8 Å². The molecular formula is C30H33NO. The molecule has 0 aliphatic carbocycles. The number of nitrogens with zero attached hydrogens (tertiary/aromatic N) is 1. The second-order valence-corrected chi connectivity index (χ2v) is 11.7. The van der Waals surface area contributed by atoms with Gasteiger partial charge in [-0.25, -0.2) is 0 Å². The maximum atomic E-state index is 8.61. The summed E-state index contributed by atoms with van der Waals surface area (Å²) < 4.78 is 23.8. The van der Waals surface area contributed by atoms with Crippen LogP contribution in [0.3, 0.4) is 0 Å². The number of fused-ring (bicyclic) bond motifs is 3. The molecule has 0 spiro atoms. The van der Waals surface area contributed by atoms with Crippen LogP contribution >= 0.6 is 0 Å². The Morgan fingerprint density at radius 1 is 0.906 bits per heavy atom. The van der Waals surface area contributed by atoms with E-state index in [0.717, 1.165) is 57.3 Å². The molecular weight excluding hydrogens is 390 g/mol. The molecule has 2 heterocycles. The highest BCUT2D eigenvalue weighted by Crippen LogP contribution is 2.50. The summed E-state index contributed by atoms with van der Waals surface area (Å²) >= 11 is 0. The molecule has 0 amide bonds. The van der Waals surface area contributed by atoms with Crippen molar-refractivity contribution < 1.29 is 7.48 Å². The van der Waals surface area contributed by atoms with Gasteiger partial charge in [0.1, 0.15) is 11.5 Å². The van der Waals surface area contributed by atoms with Gasteiger partial charge in [-0.05, 0) is 70.5 Å². The summed E-state index contributed by atoms with van der Waals surface area (Å²) in [6, 6.07) is 13.1. The lowest BCUT2D eigenvalue weighted by Crippen LogP contribution is -2.13. The Morgan fingerprint density at radius 2 is 1.66 bits per heavy atom. The molecule has 4 aromatic rings. The van der Waals surface area contributed by atoms with Crippen LogP contribution in [-0.2, 0) is 12.8 Å². The van der Waals surface area contributed by atoms with Crippen LogP contribution in [0.25, 0.3) is 32.8 Å². The zero-order valence-electron chi connectivity index (χ0n) is 22.2.